The fourth-order valence-electron chi connectivity index (χ4n) is 1.16. The third kappa shape index (κ3) is 1.86. The van der Waals surface area contributed by atoms with Gasteiger partial charge in [0.05, 0.1) is 11.3 Å². The molecule has 1 heterocycles. The Kier molecular flexibility index (Phi) is 2.78. The Morgan fingerprint density at radius 2 is 1.93 bits per heavy atom. The summed E-state index contributed by atoms with van der Waals surface area (Å²) in [5.74, 6) is -0.859. The molecule has 0 radical (unpaired) electrons. The third-order valence-electron chi connectivity index (χ3n) is 1.98. The lowest BCUT2D eigenvalue weighted by Gasteiger charge is -2.11. The summed E-state index contributed by atoms with van der Waals surface area (Å²) in [6.45, 7) is 2.75. The topological polar surface area (TPSA) is 12.9 Å². The van der Waals surface area contributed by atoms with Gasteiger partial charge in [-0.2, -0.15) is 13.2 Å². The van der Waals surface area contributed by atoms with E-state index in [1.165, 1.54) is 0 Å². The molecule has 0 unspecified atom stereocenters. The zero-order valence-corrected chi connectivity index (χ0v) is 7.74. The standard InChI is InChI=1S/C9H9F4N/c1-3-7-8(10)5(2)6(4-14-7)9(11,12)13/h4H,3H2,1-2H3. The largest absolute Gasteiger partial charge is 0.418 e. The summed E-state index contributed by atoms with van der Waals surface area (Å²) < 4.78 is 50.0. The molecule has 0 saturated carbocycles. The van der Waals surface area contributed by atoms with Gasteiger partial charge in [0.15, 0.2) is 0 Å². The minimum atomic E-state index is -4.54. The van der Waals surface area contributed by atoms with Crippen LogP contribution in [0.15, 0.2) is 6.20 Å². The van der Waals surface area contributed by atoms with Crippen molar-refractivity contribution in [2.24, 2.45) is 0 Å². The van der Waals surface area contributed by atoms with Crippen LogP contribution in [0.1, 0.15) is 23.7 Å². The van der Waals surface area contributed by atoms with E-state index < -0.39 is 17.6 Å². The molecule has 1 aromatic heterocycles. The van der Waals surface area contributed by atoms with Crippen molar-refractivity contribution in [2.75, 3.05) is 0 Å². The Morgan fingerprint density at radius 1 is 1.36 bits per heavy atom. The van der Waals surface area contributed by atoms with Crippen LogP contribution in [0.5, 0.6) is 0 Å². The van der Waals surface area contributed by atoms with E-state index in [0.717, 1.165) is 6.92 Å². The SMILES string of the molecule is CCc1ncc(C(F)(F)F)c(C)c1F. The van der Waals surface area contributed by atoms with Crippen molar-refractivity contribution in [3.8, 4) is 0 Å². The second kappa shape index (κ2) is 3.55. The number of nitrogens with zero attached hydrogens (tertiary/aromatic N) is 1. The Morgan fingerprint density at radius 3 is 2.36 bits per heavy atom. The van der Waals surface area contributed by atoms with Crippen LogP contribution < -0.4 is 0 Å². The number of hydrogen-bond acceptors (Lipinski definition) is 1. The molecule has 0 aliphatic carbocycles. The molecule has 14 heavy (non-hydrogen) atoms. The van der Waals surface area contributed by atoms with E-state index >= 15 is 0 Å². The minimum absolute atomic E-state index is 0.0653. The van der Waals surface area contributed by atoms with Crippen molar-refractivity contribution < 1.29 is 17.6 Å². The molecule has 5 heteroatoms. The molecule has 0 atom stereocenters. The van der Waals surface area contributed by atoms with Gasteiger partial charge in [0.1, 0.15) is 5.82 Å². The highest BCUT2D eigenvalue weighted by atomic mass is 19.4. The molecule has 0 saturated heterocycles. The van der Waals surface area contributed by atoms with E-state index in [0.29, 0.717) is 6.20 Å². The Labute approximate surface area is 78.8 Å². The number of rotatable bonds is 1. The number of halogens is 4. The van der Waals surface area contributed by atoms with Crippen molar-refractivity contribution in [1.29, 1.82) is 0 Å². The molecule has 1 rings (SSSR count). The van der Waals surface area contributed by atoms with E-state index in [-0.39, 0.29) is 17.7 Å². The monoisotopic (exact) mass is 207 g/mol. The normalized spacial score (nSPS) is 11.9. The number of pyridine rings is 1. The highest BCUT2D eigenvalue weighted by Gasteiger charge is 2.34. The van der Waals surface area contributed by atoms with Gasteiger partial charge in [0, 0.05) is 11.8 Å². The smallest absolute Gasteiger partial charge is 0.258 e. The van der Waals surface area contributed by atoms with E-state index in [9.17, 15) is 17.6 Å². The van der Waals surface area contributed by atoms with Crippen LogP contribution in [-0.2, 0) is 12.6 Å². The summed E-state index contributed by atoms with van der Waals surface area (Å²) in [5.41, 5.74) is -1.33. The highest BCUT2D eigenvalue weighted by Crippen LogP contribution is 2.32. The summed E-state index contributed by atoms with van der Waals surface area (Å²) in [6.07, 6.45) is -3.58. The predicted molar refractivity (Wildman–Crippen MR) is 43.3 cm³/mol. The van der Waals surface area contributed by atoms with Crippen LogP contribution >= 0.6 is 0 Å². The number of aryl methyl sites for hydroxylation is 1. The third-order valence-corrected chi connectivity index (χ3v) is 1.98. The molecule has 1 aromatic rings. The molecule has 0 bridgehead atoms. The van der Waals surface area contributed by atoms with E-state index in [4.69, 9.17) is 0 Å². The summed E-state index contributed by atoms with van der Waals surface area (Å²) in [6, 6.07) is 0. The number of hydrogen-bond donors (Lipinski definition) is 0. The quantitative estimate of drug-likeness (QED) is 0.645. The first-order valence-electron chi connectivity index (χ1n) is 4.09. The first kappa shape index (κ1) is 10.9. The van der Waals surface area contributed by atoms with Gasteiger partial charge in [-0.15, -0.1) is 0 Å². The molecule has 0 aromatic carbocycles. The first-order chi connectivity index (χ1) is 6.38. The van der Waals surface area contributed by atoms with Crippen molar-refractivity contribution >= 4 is 0 Å². The van der Waals surface area contributed by atoms with Crippen molar-refractivity contribution in [3.63, 3.8) is 0 Å². The lowest BCUT2D eigenvalue weighted by molar-refractivity contribution is -0.138. The minimum Gasteiger partial charge on any atom is -0.258 e. The molecule has 1 nitrogen and oxygen atoms in total. The summed E-state index contributed by atoms with van der Waals surface area (Å²) >= 11 is 0. The number of alkyl halides is 3. The summed E-state index contributed by atoms with van der Waals surface area (Å²) in [5, 5.41) is 0. The van der Waals surface area contributed by atoms with Crippen molar-refractivity contribution in [1.82, 2.24) is 4.98 Å². The maximum absolute atomic E-state index is 13.2. The predicted octanol–water partition coefficient (Wildman–Crippen LogP) is 3.11. The molecule has 0 aliphatic heterocycles. The van der Waals surface area contributed by atoms with Gasteiger partial charge < -0.3 is 0 Å². The van der Waals surface area contributed by atoms with E-state index in [1.807, 2.05) is 0 Å². The van der Waals surface area contributed by atoms with Gasteiger partial charge in [-0.25, -0.2) is 4.39 Å². The summed E-state index contributed by atoms with van der Waals surface area (Å²) in [7, 11) is 0. The van der Waals surface area contributed by atoms with Crippen molar-refractivity contribution in [2.45, 2.75) is 26.4 Å². The summed E-state index contributed by atoms with van der Waals surface area (Å²) in [4.78, 5) is 3.43. The first-order valence-corrected chi connectivity index (χ1v) is 4.09. The second-order valence-corrected chi connectivity index (χ2v) is 2.91. The molecular formula is C9H9F4N. The van der Waals surface area contributed by atoms with Crippen LogP contribution in [0.2, 0.25) is 0 Å². The van der Waals surface area contributed by atoms with Gasteiger partial charge in [0.25, 0.3) is 0 Å². The fraction of sp³-hybridized carbons (Fsp3) is 0.444. The van der Waals surface area contributed by atoms with Gasteiger partial charge in [0.2, 0.25) is 0 Å². The zero-order chi connectivity index (χ0) is 10.9. The molecular weight excluding hydrogens is 198 g/mol. The molecule has 0 fully saturated rings. The van der Waals surface area contributed by atoms with Crippen LogP contribution in [0, 0.1) is 12.7 Å². The molecule has 0 N–H and O–H groups in total. The zero-order valence-electron chi connectivity index (χ0n) is 7.74. The lowest BCUT2D eigenvalue weighted by atomic mass is 10.1. The van der Waals surface area contributed by atoms with Crippen molar-refractivity contribution in [3.05, 3.63) is 28.8 Å². The molecule has 0 spiro atoms. The Balaban J connectivity index is 3.31. The average molecular weight is 207 g/mol. The Bertz CT molecular complexity index is 343. The van der Waals surface area contributed by atoms with Gasteiger partial charge in [-0.1, -0.05) is 6.92 Å². The van der Waals surface area contributed by atoms with Crippen LogP contribution in [-0.4, -0.2) is 4.98 Å². The van der Waals surface area contributed by atoms with Crippen LogP contribution in [0.25, 0.3) is 0 Å². The van der Waals surface area contributed by atoms with Gasteiger partial charge in [-0.3, -0.25) is 4.98 Å². The molecule has 78 valence electrons. The lowest BCUT2D eigenvalue weighted by Crippen LogP contribution is -2.11. The highest BCUT2D eigenvalue weighted by molar-refractivity contribution is 5.29. The van der Waals surface area contributed by atoms with Crippen LogP contribution in [0.3, 0.4) is 0 Å². The van der Waals surface area contributed by atoms with E-state index in [1.54, 1.807) is 6.92 Å². The second-order valence-electron chi connectivity index (χ2n) is 2.91. The number of aromatic nitrogens is 1. The molecule has 0 aliphatic rings. The van der Waals surface area contributed by atoms with Gasteiger partial charge >= 0.3 is 6.18 Å². The molecule has 0 amide bonds. The van der Waals surface area contributed by atoms with Gasteiger partial charge in [-0.05, 0) is 13.3 Å². The Hall–Kier alpha value is -1.13. The average Bonchev–Trinajstić information content (AvgIpc) is 2.07. The fourth-order valence-corrected chi connectivity index (χ4v) is 1.16. The maximum Gasteiger partial charge on any atom is 0.418 e. The van der Waals surface area contributed by atoms with Crippen LogP contribution in [0.4, 0.5) is 17.6 Å². The maximum atomic E-state index is 13.2. The van der Waals surface area contributed by atoms with E-state index in [2.05, 4.69) is 4.98 Å².